The topological polar surface area (TPSA) is 35.9 Å². The molecule has 10 aromatic rings. The van der Waals surface area contributed by atoms with E-state index in [1.807, 2.05) is 6.07 Å². The molecule has 1 aliphatic rings. The van der Waals surface area contributed by atoms with Gasteiger partial charge in [-0.15, -0.1) is 0 Å². The largest absolute Gasteiger partial charge is 0.398 e. The monoisotopic (exact) mass is 663 g/mol. The summed E-state index contributed by atoms with van der Waals surface area (Å²) in [6.45, 7) is 0.718. The molecule has 0 aliphatic heterocycles. The van der Waals surface area contributed by atoms with Crippen LogP contribution in [0.3, 0.4) is 0 Å². The lowest BCUT2D eigenvalue weighted by atomic mass is 10.00. The predicted octanol–water partition coefficient (Wildman–Crippen LogP) is 12.4. The summed E-state index contributed by atoms with van der Waals surface area (Å²) in [7, 11) is 0. The molecular formula is C49H33N3. The van der Waals surface area contributed by atoms with Gasteiger partial charge in [0.25, 0.3) is 0 Å². The fraction of sp³-hybridized carbons (Fsp3) is 0.0204. The van der Waals surface area contributed by atoms with Gasteiger partial charge in [-0.1, -0.05) is 127 Å². The number of allylic oxidation sites excluding steroid dienone is 1. The van der Waals surface area contributed by atoms with Crippen LogP contribution < -0.4 is 5.73 Å². The van der Waals surface area contributed by atoms with Crippen LogP contribution in [0.4, 0.5) is 5.69 Å². The zero-order valence-electron chi connectivity index (χ0n) is 28.4. The van der Waals surface area contributed by atoms with Crippen LogP contribution in [0.25, 0.3) is 87.9 Å². The molecule has 0 saturated heterocycles. The van der Waals surface area contributed by atoms with Gasteiger partial charge in [0, 0.05) is 55.9 Å². The Hall–Kier alpha value is -6.84. The maximum Gasteiger partial charge on any atom is 0.0574 e. The molecule has 11 rings (SSSR count). The summed E-state index contributed by atoms with van der Waals surface area (Å²) in [4.78, 5) is 0. The van der Waals surface area contributed by atoms with Gasteiger partial charge in [0.15, 0.2) is 0 Å². The van der Waals surface area contributed by atoms with Crippen LogP contribution in [0, 0.1) is 0 Å². The first-order valence-corrected chi connectivity index (χ1v) is 17.9. The smallest absolute Gasteiger partial charge is 0.0574 e. The molecule has 244 valence electrons. The van der Waals surface area contributed by atoms with Crippen molar-refractivity contribution in [1.82, 2.24) is 9.13 Å². The molecule has 2 heterocycles. The summed E-state index contributed by atoms with van der Waals surface area (Å²) in [6, 6.07) is 61.6. The van der Waals surface area contributed by atoms with Crippen molar-refractivity contribution in [2.75, 3.05) is 5.73 Å². The molecule has 1 aliphatic carbocycles. The number of benzene rings is 8. The number of para-hydroxylation sites is 2. The lowest BCUT2D eigenvalue weighted by molar-refractivity contribution is 0.903. The van der Waals surface area contributed by atoms with Gasteiger partial charge in [0.1, 0.15) is 0 Å². The fourth-order valence-electron chi connectivity index (χ4n) is 8.83. The van der Waals surface area contributed by atoms with Crippen molar-refractivity contribution in [3.8, 4) is 27.9 Å². The van der Waals surface area contributed by atoms with Crippen LogP contribution in [0.2, 0.25) is 0 Å². The molecule has 2 aromatic heterocycles. The lowest BCUT2D eigenvalue weighted by Crippen LogP contribution is -1.98. The number of anilines is 1. The van der Waals surface area contributed by atoms with Crippen molar-refractivity contribution >= 4 is 65.6 Å². The Bertz CT molecular complexity index is 3100. The molecular weight excluding hydrogens is 631 g/mol. The maximum absolute atomic E-state index is 6.67. The molecule has 0 fully saturated rings. The second-order valence-electron chi connectivity index (χ2n) is 13.9. The average Bonchev–Trinajstić information content (AvgIpc) is 3.83. The van der Waals surface area contributed by atoms with E-state index < -0.39 is 0 Å². The minimum absolute atomic E-state index is 0.718. The summed E-state index contributed by atoms with van der Waals surface area (Å²) < 4.78 is 4.87. The maximum atomic E-state index is 6.67. The van der Waals surface area contributed by atoms with Crippen LogP contribution in [0.5, 0.6) is 0 Å². The molecule has 0 atom stereocenters. The third kappa shape index (κ3) is 4.14. The van der Waals surface area contributed by atoms with Gasteiger partial charge in [-0.3, -0.25) is 0 Å². The van der Waals surface area contributed by atoms with Gasteiger partial charge in [0.2, 0.25) is 0 Å². The van der Waals surface area contributed by atoms with Gasteiger partial charge in [-0.2, -0.15) is 0 Å². The molecule has 3 nitrogen and oxygen atoms in total. The van der Waals surface area contributed by atoms with Crippen LogP contribution >= 0.6 is 0 Å². The minimum atomic E-state index is 0.718. The Kier molecular flexibility index (Phi) is 6.17. The summed E-state index contributed by atoms with van der Waals surface area (Å²) in [5.41, 5.74) is 22.0. The van der Waals surface area contributed by atoms with E-state index in [4.69, 9.17) is 5.73 Å². The van der Waals surface area contributed by atoms with E-state index in [1.165, 1.54) is 93.5 Å². The van der Waals surface area contributed by atoms with E-state index in [-0.39, 0.29) is 0 Å². The highest BCUT2D eigenvalue weighted by Crippen LogP contribution is 2.47. The van der Waals surface area contributed by atoms with Crippen molar-refractivity contribution in [1.29, 1.82) is 0 Å². The minimum Gasteiger partial charge on any atom is -0.398 e. The lowest BCUT2D eigenvalue weighted by Gasteiger charge is -2.11. The van der Waals surface area contributed by atoms with Gasteiger partial charge in [0.05, 0.1) is 16.6 Å². The van der Waals surface area contributed by atoms with E-state index in [9.17, 15) is 0 Å². The Balaban J connectivity index is 1.11. The molecule has 52 heavy (non-hydrogen) atoms. The number of fused-ring (bicyclic) bond motifs is 11. The predicted molar refractivity (Wildman–Crippen MR) is 220 cm³/mol. The third-order valence-electron chi connectivity index (χ3n) is 11.1. The number of hydrogen-bond acceptors (Lipinski definition) is 1. The van der Waals surface area contributed by atoms with Crippen molar-refractivity contribution in [2.24, 2.45) is 0 Å². The van der Waals surface area contributed by atoms with Gasteiger partial charge in [-0.05, 0) is 87.3 Å². The Morgan fingerprint density at radius 1 is 0.462 bits per heavy atom. The van der Waals surface area contributed by atoms with Gasteiger partial charge < -0.3 is 14.9 Å². The zero-order chi connectivity index (χ0) is 34.3. The van der Waals surface area contributed by atoms with Crippen LogP contribution in [0.15, 0.2) is 176 Å². The molecule has 3 heteroatoms. The first-order chi connectivity index (χ1) is 25.7. The Labute approximate surface area is 301 Å². The molecule has 0 spiro atoms. The highest BCUT2D eigenvalue weighted by Gasteiger charge is 2.25. The normalized spacial score (nSPS) is 13.2. The summed E-state index contributed by atoms with van der Waals surface area (Å²) >= 11 is 0. The number of nitrogen functional groups attached to an aromatic ring is 1. The highest BCUT2D eigenvalue weighted by molar-refractivity contribution is 6.19. The van der Waals surface area contributed by atoms with Crippen LogP contribution in [-0.2, 0) is 6.54 Å². The van der Waals surface area contributed by atoms with Crippen molar-refractivity contribution in [3.05, 3.63) is 187 Å². The Morgan fingerprint density at radius 2 is 1.12 bits per heavy atom. The molecule has 0 bridgehead atoms. The molecule has 2 N–H and O–H groups in total. The first-order valence-electron chi connectivity index (χ1n) is 17.9. The molecule has 0 unspecified atom stereocenters. The second kappa shape index (κ2) is 11.1. The standard InChI is InChI=1S/C49H33N3/c50-44-19-10-18-39-36-15-6-7-16-37(36)40(48(39)44)27-28-51-45-25-22-32(30-43(45)41-24-21-31-11-4-5-14-35(31)49(41)51)33-23-26-47-42(29-33)38-17-8-9-20-46(38)52(47)34-12-2-1-3-13-34/h1-27,29-30H,28,50H2/b40-27-. The first kappa shape index (κ1) is 28.9. The fourth-order valence-corrected chi connectivity index (χ4v) is 8.83. The SMILES string of the molecule is Nc1cccc2c1/C(=C\Cn1c3ccc(-c4ccc5c(c4)c4ccccc4n5-c4ccccc4)cc3c3ccc4ccccc4c31)c1ccccc1-2. The summed E-state index contributed by atoms with van der Waals surface area (Å²) in [5, 5.41) is 7.55. The Morgan fingerprint density at radius 3 is 1.96 bits per heavy atom. The van der Waals surface area contributed by atoms with Gasteiger partial charge >= 0.3 is 0 Å². The summed E-state index contributed by atoms with van der Waals surface area (Å²) in [5.74, 6) is 0. The zero-order valence-corrected chi connectivity index (χ0v) is 28.4. The number of nitrogens with zero attached hydrogens (tertiary/aromatic N) is 2. The van der Waals surface area contributed by atoms with Crippen molar-refractivity contribution in [3.63, 3.8) is 0 Å². The van der Waals surface area contributed by atoms with Crippen molar-refractivity contribution < 1.29 is 0 Å². The number of nitrogens with two attached hydrogens (primary N) is 1. The molecule has 0 amide bonds. The van der Waals surface area contributed by atoms with E-state index in [1.54, 1.807) is 0 Å². The van der Waals surface area contributed by atoms with E-state index >= 15 is 0 Å². The van der Waals surface area contributed by atoms with Crippen LogP contribution in [0.1, 0.15) is 11.1 Å². The number of aromatic nitrogens is 2. The summed E-state index contributed by atoms with van der Waals surface area (Å²) in [6.07, 6.45) is 2.38. The van der Waals surface area contributed by atoms with E-state index in [2.05, 4.69) is 179 Å². The highest BCUT2D eigenvalue weighted by atomic mass is 15.0. The molecule has 8 aromatic carbocycles. The molecule has 0 radical (unpaired) electrons. The quantitative estimate of drug-likeness (QED) is 0.187. The average molecular weight is 664 g/mol. The molecule has 0 saturated carbocycles. The van der Waals surface area contributed by atoms with Crippen LogP contribution in [-0.4, -0.2) is 9.13 Å². The number of rotatable bonds is 4. The van der Waals surface area contributed by atoms with Gasteiger partial charge in [-0.25, -0.2) is 0 Å². The van der Waals surface area contributed by atoms with E-state index in [0.717, 1.165) is 17.8 Å². The van der Waals surface area contributed by atoms with Crippen molar-refractivity contribution in [2.45, 2.75) is 6.54 Å². The number of hydrogen-bond donors (Lipinski definition) is 1. The third-order valence-corrected chi connectivity index (χ3v) is 11.1. The van der Waals surface area contributed by atoms with E-state index in [0.29, 0.717) is 0 Å². The second-order valence-corrected chi connectivity index (χ2v) is 13.9.